The van der Waals surface area contributed by atoms with Crippen molar-refractivity contribution in [2.75, 3.05) is 31.2 Å². The highest BCUT2D eigenvalue weighted by molar-refractivity contribution is 7.91. The van der Waals surface area contributed by atoms with Gasteiger partial charge < -0.3 is 9.64 Å². The summed E-state index contributed by atoms with van der Waals surface area (Å²) >= 11 is 6.80. The van der Waals surface area contributed by atoms with E-state index in [1.165, 1.54) is 6.07 Å². The van der Waals surface area contributed by atoms with E-state index in [0.717, 1.165) is 24.4 Å². The van der Waals surface area contributed by atoms with Crippen LogP contribution in [0.3, 0.4) is 0 Å². The Morgan fingerprint density at radius 3 is 2.78 bits per heavy atom. The van der Waals surface area contributed by atoms with Gasteiger partial charge in [0.1, 0.15) is 4.21 Å². The fraction of sp³-hybridized carbons (Fsp3) is 0.385. The molecular formula is C13H15ClN4O3S2. The smallest absolute Gasteiger partial charge is 0.250 e. The monoisotopic (exact) mass is 374 g/mol. The molecule has 1 aliphatic rings. The average molecular weight is 375 g/mol. The first-order chi connectivity index (χ1) is 11.0. The molecule has 2 aromatic rings. The number of sulfonamides is 1. The van der Waals surface area contributed by atoms with Crippen molar-refractivity contribution in [3.05, 3.63) is 34.4 Å². The van der Waals surface area contributed by atoms with Gasteiger partial charge in [0.05, 0.1) is 29.8 Å². The van der Waals surface area contributed by atoms with Gasteiger partial charge in [0.2, 0.25) is 16.0 Å². The van der Waals surface area contributed by atoms with Gasteiger partial charge in [0.25, 0.3) is 0 Å². The summed E-state index contributed by atoms with van der Waals surface area (Å²) in [5.74, 6) is 0.587. The van der Waals surface area contributed by atoms with E-state index in [4.69, 9.17) is 16.3 Å². The second-order valence-electron chi connectivity index (χ2n) is 4.83. The van der Waals surface area contributed by atoms with E-state index in [1.54, 1.807) is 18.3 Å². The summed E-state index contributed by atoms with van der Waals surface area (Å²) in [6.45, 7) is 2.82. The normalized spacial score (nSPS) is 15.8. The van der Waals surface area contributed by atoms with Crippen molar-refractivity contribution in [2.24, 2.45) is 0 Å². The zero-order chi connectivity index (χ0) is 16.3. The van der Waals surface area contributed by atoms with Gasteiger partial charge in [0, 0.05) is 19.3 Å². The molecule has 1 saturated heterocycles. The van der Waals surface area contributed by atoms with Crippen molar-refractivity contribution in [1.82, 2.24) is 14.7 Å². The lowest BCUT2D eigenvalue weighted by atomic mass is 10.4. The van der Waals surface area contributed by atoms with Crippen molar-refractivity contribution in [2.45, 2.75) is 10.8 Å². The largest absolute Gasteiger partial charge is 0.378 e. The lowest BCUT2D eigenvalue weighted by Gasteiger charge is -2.26. The number of ether oxygens (including phenoxy) is 1. The molecule has 0 atom stereocenters. The molecule has 0 bridgehead atoms. The van der Waals surface area contributed by atoms with Crippen LogP contribution < -0.4 is 9.62 Å². The standard InChI is InChI=1S/C13H15ClN4O3S2/c14-11-1-2-12(22-11)23(19,20)16-9-10-3-4-15-13(17-10)18-5-7-21-8-6-18/h1-4,16H,5-9H2. The van der Waals surface area contributed by atoms with E-state index in [2.05, 4.69) is 14.7 Å². The zero-order valence-electron chi connectivity index (χ0n) is 12.1. The highest BCUT2D eigenvalue weighted by atomic mass is 35.5. The van der Waals surface area contributed by atoms with Gasteiger partial charge in [-0.15, -0.1) is 11.3 Å². The van der Waals surface area contributed by atoms with Crippen molar-refractivity contribution in [3.8, 4) is 0 Å². The summed E-state index contributed by atoms with van der Waals surface area (Å²) in [6, 6.07) is 4.73. The molecule has 2 aromatic heterocycles. The number of thiophene rings is 1. The fourth-order valence-corrected chi connectivity index (χ4v) is 4.61. The Labute approximate surface area is 143 Å². The number of halogens is 1. The second kappa shape index (κ2) is 7.10. The third-order valence-electron chi connectivity index (χ3n) is 3.25. The number of hydrogen-bond donors (Lipinski definition) is 1. The van der Waals surface area contributed by atoms with Crippen molar-refractivity contribution in [3.63, 3.8) is 0 Å². The lowest BCUT2D eigenvalue weighted by Crippen LogP contribution is -2.37. The second-order valence-corrected chi connectivity index (χ2v) is 8.54. The number of morpholine rings is 1. The Kier molecular flexibility index (Phi) is 5.12. The average Bonchev–Trinajstić information content (AvgIpc) is 3.02. The van der Waals surface area contributed by atoms with Crippen LogP contribution >= 0.6 is 22.9 Å². The summed E-state index contributed by atoms with van der Waals surface area (Å²) in [6.07, 6.45) is 1.63. The highest BCUT2D eigenvalue weighted by Crippen LogP contribution is 2.25. The number of anilines is 1. The lowest BCUT2D eigenvalue weighted by molar-refractivity contribution is 0.122. The van der Waals surface area contributed by atoms with E-state index in [-0.39, 0.29) is 10.8 Å². The van der Waals surface area contributed by atoms with Gasteiger partial charge in [-0.2, -0.15) is 0 Å². The van der Waals surface area contributed by atoms with Crippen molar-refractivity contribution in [1.29, 1.82) is 0 Å². The van der Waals surface area contributed by atoms with Crippen LogP contribution in [0.1, 0.15) is 5.69 Å². The van der Waals surface area contributed by atoms with Crippen molar-refractivity contribution < 1.29 is 13.2 Å². The molecule has 0 radical (unpaired) electrons. The summed E-state index contributed by atoms with van der Waals surface area (Å²) in [5, 5.41) is 0. The first-order valence-electron chi connectivity index (χ1n) is 6.94. The highest BCUT2D eigenvalue weighted by Gasteiger charge is 2.18. The molecule has 10 heteroatoms. The maximum absolute atomic E-state index is 12.2. The van der Waals surface area contributed by atoms with E-state index in [0.29, 0.717) is 29.2 Å². The van der Waals surface area contributed by atoms with Crippen LogP contribution in [0.4, 0.5) is 5.95 Å². The van der Waals surface area contributed by atoms with Crippen LogP contribution in [0.15, 0.2) is 28.6 Å². The molecule has 0 aromatic carbocycles. The minimum Gasteiger partial charge on any atom is -0.378 e. The van der Waals surface area contributed by atoms with E-state index in [9.17, 15) is 8.42 Å². The summed E-state index contributed by atoms with van der Waals surface area (Å²) in [7, 11) is -3.59. The fourth-order valence-electron chi connectivity index (χ4n) is 2.08. The molecule has 1 N–H and O–H groups in total. The molecule has 124 valence electrons. The topological polar surface area (TPSA) is 84.4 Å². The summed E-state index contributed by atoms with van der Waals surface area (Å²) in [5.41, 5.74) is 0.604. The minimum atomic E-state index is -3.59. The Morgan fingerprint density at radius 1 is 1.30 bits per heavy atom. The van der Waals surface area contributed by atoms with E-state index >= 15 is 0 Å². The van der Waals surface area contributed by atoms with Gasteiger partial charge in [-0.1, -0.05) is 11.6 Å². The predicted molar refractivity (Wildman–Crippen MR) is 88.4 cm³/mol. The van der Waals surface area contributed by atoms with Gasteiger partial charge in [0.15, 0.2) is 0 Å². The maximum Gasteiger partial charge on any atom is 0.250 e. The number of nitrogens with one attached hydrogen (secondary N) is 1. The maximum atomic E-state index is 12.2. The number of aromatic nitrogens is 2. The zero-order valence-corrected chi connectivity index (χ0v) is 14.5. The molecule has 1 fully saturated rings. The predicted octanol–water partition coefficient (Wildman–Crippen LogP) is 1.51. The first-order valence-corrected chi connectivity index (χ1v) is 9.62. The van der Waals surface area contributed by atoms with E-state index in [1.807, 2.05) is 4.90 Å². The van der Waals surface area contributed by atoms with Crippen molar-refractivity contribution >= 4 is 38.9 Å². The molecular weight excluding hydrogens is 360 g/mol. The molecule has 0 aliphatic carbocycles. The SMILES string of the molecule is O=S(=O)(NCc1ccnc(N2CCOCC2)n1)c1ccc(Cl)s1. The van der Waals surface area contributed by atoms with Gasteiger partial charge >= 0.3 is 0 Å². The van der Waals surface area contributed by atoms with Crippen LogP contribution in [0.5, 0.6) is 0 Å². The molecule has 1 aliphatic heterocycles. The molecule has 7 nitrogen and oxygen atoms in total. The summed E-state index contributed by atoms with van der Waals surface area (Å²) < 4.78 is 32.8. The van der Waals surface area contributed by atoms with Crippen LogP contribution in [-0.2, 0) is 21.3 Å². The van der Waals surface area contributed by atoms with Crippen LogP contribution in [0, 0.1) is 0 Å². The molecule has 23 heavy (non-hydrogen) atoms. The molecule has 0 unspecified atom stereocenters. The molecule has 0 spiro atoms. The van der Waals surface area contributed by atoms with Gasteiger partial charge in [-0.05, 0) is 18.2 Å². The number of rotatable bonds is 5. The summed E-state index contributed by atoms with van der Waals surface area (Å²) in [4.78, 5) is 10.7. The molecule has 0 amide bonds. The van der Waals surface area contributed by atoms with E-state index < -0.39 is 10.0 Å². The molecule has 3 heterocycles. The number of hydrogen-bond acceptors (Lipinski definition) is 7. The Morgan fingerprint density at radius 2 is 2.09 bits per heavy atom. The first kappa shape index (κ1) is 16.6. The number of nitrogens with zero attached hydrogens (tertiary/aromatic N) is 3. The van der Waals surface area contributed by atoms with Gasteiger partial charge in [-0.25, -0.2) is 23.1 Å². The molecule has 3 rings (SSSR count). The Balaban J connectivity index is 1.68. The third-order valence-corrected chi connectivity index (χ3v) is 6.38. The Bertz CT molecular complexity index is 775. The quantitative estimate of drug-likeness (QED) is 0.853. The van der Waals surface area contributed by atoms with Crippen LogP contribution in [-0.4, -0.2) is 44.7 Å². The minimum absolute atomic E-state index is 0.0950. The van der Waals surface area contributed by atoms with Crippen LogP contribution in [0.2, 0.25) is 4.34 Å². The van der Waals surface area contributed by atoms with Gasteiger partial charge in [-0.3, -0.25) is 0 Å². The Hall–Kier alpha value is -1.26. The van der Waals surface area contributed by atoms with Crippen LogP contribution in [0.25, 0.3) is 0 Å². The molecule has 0 saturated carbocycles. The third kappa shape index (κ3) is 4.18.